The average molecular weight is 251 g/mol. The van der Waals surface area contributed by atoms with Crippen molar-refractivity contribution < 1.29 is 14.3 Å². The van der Waals surface area contributed by atoms with Crippen molar-refractivity contribution in [2.45, 2.75) is 20.3 Å². The normalized spacial score (nSPS) is 22.8. The highest BCUT2D eigenvalue weighted by Crippen LogP contribution is 2.37. The Morgan fingerprint density at radius 3 is 2.72 bits per heavy atom. The molecular formula is C14H18FNO2. The van der Waals surface area contributed by atoms with Gasteiger partial charge >= 0.3 is 5.97 Å². The average Bonchev–Trinajstić information content (AvgIpc) is 2.29. The van der Waals surface area contributed by atoms with Gasteiger partial charge in [0, 0.05) is 13.1 Å². The van der Waals surface area contributed by atoms with Crippen LogP contribution in [0.2, 0.25) is 0 Å². The summed E-state index contributed by atoms with van der Waals surface area (Å²) >= 11 is 0. The summed E-state index contributed by atoms with van der Waals surface area (Å²) in [6, 6.07) is 6.52. The van der Waals surface area contributed by atoms with Crippen LogP contribution in [0.15, 0.2) is 24.3 Å². The fourth-order valence-corrected chi connectivity index (χ4v) is 2.50. The van der Waals surface area contributed by atoms with E-state index < -0.39 is 11.9 Å². The van der Waals surface area contributed by atoms with Crippen LogP contribution >= 0.6 is 0 Å². The Labute approximate surface area is 106 Å². The Kier molecular flexibility index (Phi) is 3.28. The van der Waals surface area contributed by atoms with Crippen LogP contribution in [0.3, 0.4) is 0 Å². The van der Waals surface area contributed by atoms with Gasteiger partial charge in [0.25, 0.3) is 0 Å². The third-order valence-electron chi connectivity index (χ3n) is 3.86. The highest BCUT2D eigenvalue weighted by molar-refractivity contribution is 5.72. The zero-order valence-corrected chi connectivity index (χ0v) is 10.7. The number of aliphatic carboxylic acids is 1. The third kappa shape index (κ3) is 2.33. The predicted octanol–water partition coefficient (Wildman–Crippen LogP) is 2.76. The van der Waals surface area contributed by atoms with Gasteiger partial charge in [-0.1, -0.05) is 26.0 Å². The first kappa shape index (κ1) is 12.9. The summed E-state index contributed by atoms with van der Waals surface area (Å²) in [4.78, 5) is 13.1. The smallest absolute Gasteiger partial charge is 0.308 e. The molecule has 0 aromatic heterocycles. The molecule has 18 heavy (non-hydrogen) atoms. The summed E-state index contributed by atoms with van der Waals surface area (Å²) in [5, 5.41) is 9.29. The summed E-state index contributed by atoms with van der Waals surface area (Å²) in [5.41, 5.74) is 0.257. The van der Waals surface area contributed by atoms with E-state index in [0.29, 0.717) is 18.8 Å². The van der Waals surface area contributed by atoms with Crippen LogP contribution in [-0.2, 0) is 4.79 Å². The minimum Gasteiger partial charge on any atom is -0.481 e. The molecule has 1 N–H and O–H groups in total. The Morgan fingerprint density at radius 2 is 2.11 bits per heavy atom. The molecule has 1 atom stereocenters. The van der Waals surface area contributed by atoms with Crippen molar-refractivity contribution in [3.05, 3.63) is 30.1 Å². The highest BCUT2D eigenvalue weighted by atomic mass is 19.1. The number of anilines is 1. The van der Waals surface area contributed by atoms with E-state index >= 15 is 0 Å². The Hall–Kier alpha value is -1.58. The van der Waals surface area contributed by atoms with E-state index in [9.17, 15) is 14.3 Å². The van der Waals surface area contributed by atoms with Crippen molar-refractivity contribution in [1.82, 2.24) is 0 Å². The molecule has 2 rings (SSSR count). The number of nitrogens with zero attached hydrogens (tertiary/aromatic N) is 1. The quantitative estimate of drug-likeness (QED) is 0.878. The summed E-state index contributed by atoms with van der Waals surface area (Å²) < 4.78 is 13.7. The maximum atomic E-state index is 13.7. The van der Waals surface area contributed by atoms with E-state index in [1.165, 1.54) is 6.07 Å². The van der Waals surface area contributed by atoms with Crippen LogP contribution in [0, 0.1) is 17.2 Å². The summed E-state index contributed by atoms with van der Waals surface area (Å²) in [7, 11) is 0. The summed E-state index contributed by atoms with van der Waals surface area (Å²) in [6.45, 7) is 4.98. The number of para-hydroxylation sites is 1. The Balaban J connectivity index is 2.24. The largest absolute Gasteiger partial charge is 0.481 e. The van der Waals surface area contributed by atoms with Gasteiger partial charge in [0.05, 0.1) is 11.6 Å². The molecule has 0 spiro atoms. The molecule has 1 fully saturated rings. The van der Waals surface area contributed by atoms with Crippen molar-refractivity contribution in [2.75, 3.05) is 18.0 Å². The molecule has 1 aromatic rings. The second-order valence-electron chi connectivity index (χ2n) is 5.53. The van der Waals surface area contributed by atoms with Gasteiger partial charge < -0.3 is 10.0 Å². The minimum absolute atomic E-state index is 0.242. The van der Waals surface area contributed by atoms with Gasteiger partial charge in [0.1, 0.15) is 5.82 Å². The van der Waals surface area contributed by atoms with Gasteiger partial charge in [0.2, 0.25) is 0 Å². The van der Waals surface area contributed by atoms with Gasteiger partial charge in [-0.25, -0.2) is 4.39 Å². The number of halogens is 1. The lowest BCUT2D eigenvalue weighted by Gasteiger charge is -2.42. The molecule has 1 aliphatic heterocycles. The van der Waals surface area contributed by atoms with Gasteiger partial charge in [0.15, 0.2) is 0 Å². The molecule has 1 heterocycles. The molecule has 1 unspecified atom stereocenters. The first-order chi connectivity index (χ1) is 8.42. The molecular weight excluding hydrogens is 233 g/mol. The molecule has 1 saturated heterocycles. The zero-order chi connectivity index (χ0) is 13.3. The van der Waals surface area contributed by atoms with Crippen LogP contribution in [0.4, 0.5) is 10.1 Å². The van der Waals surface area contributed by atoms with E-state index in [4.69, 9.17) is 0 Å². The molecule has 4 heteroatoms. The lowest BCUT2D eigenvalue weighted by molar-refractivity contribution is -0.146. The van der Waals surface area contributed by atoms with E-state index in [-0.39, 0.29) is 11.2 Å². The first-order valence-electron chi connectivity index (χ1n) is 6.14. The number of carboxylic acids is 1. The SMILES string of the molecule is CC1(C)CCN(c2ccccc2F)CC1C(=O)O. The second-order valence-corrected chi connectivity index (χ2v) is 5.53. The fraction of sp³-hybridized carbons (Fsp3) is 0.500. The second kappa shape index (κ2) is 4.59. The molecule has 0 saturated carbocycles. The molecule has 0 bridgehead atoms. The van der Waals surface area contributed by atoms with Crippen LogP contribution < -0.4 is 4.90 Å². The Morgan fingerprint density at radius 1 is 1.44 bits per heavy atom. The molecule has 0 radical (unpaired) electrons. The van der Waals surface area contributed by atoms with Gasteiger partial charge in [-0.15, -0.1) is 0 Å². The van der Waals surface area contributed by atoms with Crippen molar-refractivity contribution in [2.24, 2.45) is 11.3 Å². The lowest BCUT2D eigenvalue weighted by atomic mass is 9.73. The standard InChI is InChI=1S/C14H18FNO2/c1-14(2)7-8-16(9-10(14)13(17)18)12-6-4-3-5-11(12)15/h3-6,10H,7-9H2,1-2H3,(H,17,18). The topological polar surface area (TPSA) is 40.5 Å². The molecule has 0 aliphatic carbocycles. The molecule has 1 aromatic carbocycles. The van der Waals surface area contributed by atoms with Crippen LogP contribution in [0.5, 0.6) is 0 Å². The van der Waals surface area contributed by atoms with Gasteiger partial charge in [-0.3, -0.25) is 4.79 Å². The van der Waals surface area contributed by atoms with Crippen LogP contribution in [0.25, 0.3) is 0 Å². The maximum absolute atomic E-state index is 13.7. The Bertz CT molecular complexity index is 459. The summed E-state index contributed by atoms with van der Waals surface area (Å²) in [5.74, 6) is -1.56. The highest BCUT2D eigenvalue weighted by Gasteiger charge is 2.40. The summed E-state index contributed by atoms with van der Waals surface area (Å²) in [6.07, 6.45) is 0.748. The number of benzene rings is 1. The van der Waals surface area contributed by atoms with Gasteiger partial charge in [-0.2, -0.15) is 0 Å². The van der Waals surface area contributed by atoms with E-state index in [1.807, 2.05) is 18.7 Å². The number of piperidine rings is 1. The van der Waals surface area contributed by atoms with Crippen molar-refractivity contribution in [3.63, 3.8) is 0 Å². The zero-order valence-electron chi connectivity index (χ0n) is 10.7. The molecule has 0 amide bonds. The lowest BCUT2D eigenvalue weighted by Crippen LogP contribution is -2.48. The predicted molar refractivity (Wildman–Crippen MR) is 68.1 cm³/mol. The minimum atomic E-state index is -0.805. The van der Waals surface area contributed by atoms with Crippen molar-refractivity contribution in [3.8, 4) is 0 Å². The van der Waals surface area contributed by atoms with Gasteiger partial charge in [-0.05, 0) is 24.0 Å². The van der Waals surface area contributed by atoms with Crippen LogP contribution in [-0.4, -0.2) is 24.2 Å². The number of carboxylic acid groups (broad SMARTS) is 1. The van der Waals surface area contributed by atoms with Crippen molar-refractivity contribution in [1.29, 1.82) is 0 Å². The first-order valence-corrected chi connectivity index (χ1v) is 6.14. The van der Waals surface area contributed by atoms with E-state index in [0.717, 1.165) is 6.42 Å². The molecule has 1 aliphatic rings. The fourth-order valence-electron chi connectivity index (χ4n) is 2.50. The number of carbonyl (C=O) groups is 1. The van der Waals surface area contributed by atoms with E-state index in [2.05, 4.69) is 0 Å². The third-order valence-corrected chi connectivity index (χ3v) is 3.86. The van der Waals surface area contributed by atoms with E-state index in [1.54, 1.807) is 18.2 Å². The van der Waals surface area contributed by atoms with Crippen LogP contribution in [0.1, 0.15) is 20.3 Å². The maximum Gasteiger partial charge on any atom is 0.308 e. The van der Waals surface area contributed by atoms with Crippen molar-refractivity contribution >= 4 is 11.7 Å². The number of hydrogen-bond donors (Lipinski definition) is 1. The number of rotatable bonds is 2. The monoisotopic (exact) mass is 251 g/mol. The molecule has 3 nitrogen and oxygen atoms in total. The molecule has 98 valence electrons. The number of hydrogen-bond acceptors (Lipinski definition) is 2.